The van der Waals surface area contributed by atoms with Crippen molar-refractivity contribution >= 4 is 5.69 Å². The number of aryl methyl sites for hydroxylation is 2. The highest BCUT2D eigenvalue weighted by molar-refractivity contribution is 5.53. The number of nitrogens with zero attached hydrogens (tertiary/aromatic N) is 2. The predicted octanol–water partition coefficient (Wildman–Crippen LogP) is 3.10. The van der Waals surface area contributed by atoms with E-state index in [1.54, 1.807) is 0 Å². The van der Waals surface area contributed by atoms with Gasteiger partial charge in [0.15, 0.2) is 6.61 Å². The summed E-state index contributed by atoms with van der Waals surface area (Å²) in [6, 6.07) is 9.85. The van der Waals surface area contributed by atoms with E-state index < -0.39 is 0 Å². The molecular weight excluding hydrogens is 252 g/mol. The third-order valence-corrected chi connectivity index (χ3v) is 3.17. The van der Waals surface area contributed by atoms with Crippen LogP contribution >= 0.6 is 0 Å². The van der Waals surface area contributed by atoms with Crippen LogP contribution in [0, 0.1) is 25.2 Å². The maximum Gasteiger partial charge on any atom is 0.174 e. The van der Waals surface area contributed by atoms with Gasteiger partial charge in [0.1, 0.15) is 11.8 Å². The number of rotatable bonds is 5. The summed E-state index contributed by atoms with van der Waals surface area (Å²) >= 11 is 0. The summed E-state index contributed by atoms with van der Waals surface area (Å²) in [6.07, 6.45) is 0. The van der Waals surface area contributed by atoms with Gasteiger partial charge in [0.25, 0.3) is 0 Å². The highest BCUT2D eigenvalue weighted by Crippen LogP contribution is 2.24. The Labute approximate surface area is 118 Å². The van der Waals surface area contributed by atoms with Crippen molar-refractivity contribution in [3.63, 3.8) is 0 Å². The number of hydrogen-bond acceptors (Lipinski definition) is 4. The van der Waals surface area contributed by atoms with E-state index >= 15 is 0 Å². The lowest BCUT2D eigenvalue weighted by molar-refractivity contribution is 0.368. The van der Waals surface area contributed by atoms with Crippen LogP contribution in [0.25, 0.3) is 0 Å². The molecule has 1 aromatic heterocycles. The highest BCUT2D eigenvalue weighted by Gasteiger charge is 2.11. The van der Waals surface area contributed by atoms with Crippen molar-refractivity contribution in [2.24, 2.45) is 0 Å². The Morgan fingerprint density at radius 2 is 2.05 bits per heavy atom. The van der Waals surface area contributed by atoms with Crippen LogP contribution in [0.2, 0.25) is 0 Å². The Hall–Kier alpha value is -2.48. The van der Waals surface area contributed by atoms with Crippen LogP contribution < -0.4 is 10.1 Å². The normalized spacial score (nSPS) is 11.7. The lowest BCUT2D eigenvalue weighted by Gasteiger charge is -2.16. The first-order valence-corrected chi connectivity index (χ1v) is 6.49. The number of H-pyrrole nitrogens is 1. The Morgan fingerprint density at radius 3 is 2.60 bits per heavy atom. The SMILES string of the molecule is Cc1n[nH]c(C)c1NC(C)c1ccc(OCC#N)cc1. The lowest BCUT2D eigenvalue weighted by Crippen LogP contribution is -2.07. The third-order valence-electron chi connectivity index (χ3n) is 3.17. The first kappa shape index (κ1) is 13.9. The van der Waals surface area contributed by atoms with Gasteiger partial charge in [0.05, 0.1) is 17.1 Å². The summed E-state index contributed by atoms with van der Waals surface area (Å²) in [4.78, 5) is 0. The Bertz CT molecular complexity index is 590. The molecule has 0 bridgehead atoms. The zero-order chi connectivity index (χ0) is 14.5. The number of aromatic amines is 1. The molecule has 0 aliphatic rings. The maximum atomic E-state index is 8.47. The van der Waals surface area contributed by atoms with Gasteiger partial charge in [-0.15, -0.1) is 0 Å². The van der Waals surface area contributed by atoms with Gasteiger partial charge in [0.2, 0.25) is 0 Å². The van der Waals surface area contributed by atoms with Crippen molar-refractivity contribution in [2.45, 2.75) is 26.8 Å². The molecule has 2 N–H and O–H groups in total. The fourth-order valence-corrected chi connectivity index (χ4v) is 2.03. The number of anilines is 1. The van der Waals surface area contributed by atoms with E-state index in [1.165, 1.54) is 0 Å². The van der Waals surface area contributed by atoms with Gasteiger partial charge < -0.3 is 10.1 Å². The van der Waals surface area contributed by atoms with E-state index in [0.717, 1.165) is 22.6 Å². The number of nitriles is 1. The molecule has 0 aliphatic heterocycles. The van der Waals surface area contributed by atoms with Crippen molar-refractivity contribution < 1.29 is 4.74 Å². The molecular formula is C15H18N4O. The first-order valence-electron chi connectivity index (χ1n) is 6.49. The van der Waals surface area contributed by atoms with Crippen molar-refractivity contribution in [3.05, 3.63) is 41.2 Å². The largest absolute Gasteiger partial charge is 0.479 e. The molecule has 5 nitrogen and oxygen atoms in total. The van der Waals surface area contributed by atoms with Crippen LogP contribution in [0.1, 0.15) is 29.9 Å². The molecule has 104 valence electrons. The van der Waals surface area contributed by atoms with Gasteiger partial charge in [-0.05, 0) is 38.5 Å². The minimum atomic E-state index is 0.0700. The van der Waals surface area contributed by atoms with E-state index in [1.807, 2.05) is 44.2 Å². The average Bonchev–Trinajstić information content (AvgIpc) is 2.77. The van der Waals surface area contributed by atoms with Crippen LogP contribution in [0.15, 0.2) is 24.3 Å². The second-order valence-electron chi connectivity index (χ2n) is 4.69. The van der Waals surface area contributed by atoms with E-state index in [9.17, 15) is 0 Å². The van der Waals surface area contributed by atoms with Gasteiger partial charge in [0, 0.05) is 6.04 Å². The summed E-state index contributed by atoms with van der Waals surface area (Å²) < 4.78 is 5.24. The van der Waals surface area contributed by atoms with Gasteiger partial charge in [-0.1, -0.05) is 12.1 Å². The van der Waals surface area contributed by atoms with E-state index in [-0.39, 0.29) is 12.6 Å². The number of hydrogen-bond donors (Lipinski definition) is 2. The van der Waals surface area contributed by atoms with Gasteiger partial charge in [-0.25, -0.2) is 0 Å². The molecule has 0 fully saturated rings. The van der Waals surface area contributed by atoms with Crippen LogP contribution in [0.5, 0.6) is 5.75 Å². The summed E-state index contributed by atoms with van der Waals surface area (Å²) in [6.45, 7) is 6.13. The van der Waals surface area contributed by atoms with Gasteiger partial charge in [-0.2, -0.15) is 10.4 Å². The number of benzene rings is 1. The van der Waals surface area contributed by atoms with Crippen molar-refractivity contribution in [2.75, 3.05) is 11.9 Å². The summed E-state index contributed by atoms with van der Waals surface area (Å²) in [5.74, 6) is 0.707. The maximum absolute atomic E-state index is 8.47. The molecule has 0 amide bonds. The molecule has 0 saturated carbocycles. The van der Waals surface area contributed by atoms with E-state index in [4.69, 9.17) is 10.00 Å². The Balaban J connectivity index is 2.06. The highest BCUT2D eigenvalue weighted by atomic mass is 16.5. The van der Waals surface area contributed by atoms with Crippen LogP contribution in [0.3, 0.4) is 0 Å². The molecule has 5 heteroatoms. The first-order chi connectivity index (χ1) is 9.61. The standard InChI is InChI=1S/C15H18N4O/c1-10(17-15-11(2)18-19-12(15)3)13-4-6-14(7-5-13)20-9-8-16/h4-7,10,17H,9H2,1-3H3,(H,18,19). The molecule has 2 rings (SSSR count). The molecule has 2 aromatic rings. The fourth-order valence-electron chi connectivity index (χ4n) is 2.03. The summed E-state index contributed by atoms with van der Waals surface area (Å²) in [5.41, 5.74) is 4.18. The predicted molar refractivity (Wildman–Crippen MR) is 77.6 cm³/mol. The summed E-state index contributed by atoms with van der Waals surface area (Å²) in [7, 11) is 0. The molecule has 1 heterocycles. The summed E-state index contributed by atoms with van der Waals surface area (Å²) in [5, 5.41) is 19.1. The average molecular weight is 270 g/mol. The van der Waals surface area contributed by atoms with Gasteiger partial charge in [-0.3, -0.25) is 5.10 Å². The second-order valence-corrected chi connectivity index (χ2v) is 4.69. The monoisotopic (exact) mass is 270 g/mol. The van der Waals surface area contributed by atoms with E-state index in [2.05, 4.69) is 22.4 Å². The second kappa shape index (κ2) is 6.11. The van der Waals surface area contributed by atoms with Crippen molar-refractivity contribution in [1.82, 2.24) is 10.2 Å². The number of nitrogens with one attached hydrogen (secondary N) is 2. The van der Waals surface area contributed by atoms with E-state index in [0.29, 0.717) is 5.75 Å². The molecule has 20 heavy (non-hydrogen) atoms. The van der Waals surface area contributed by atoms with Crippen LogP contribution in [0.4, 0.5) is 5.69 Å². The zero-order valence-electron chi connectivity index (χ0n) is 11.9. The molecule has 1 aromatic carbocycles. The topological polar surface area (TPSA) is 73.7 Å². The number of ether oxygens (including phenoxy) is 1. The Morgan fingerprint density at radius 1 is 1.35 bits per heavy atom. The molecule has 1 atom stereocenters. The minimum Gasteiger partial charge on any atom is -0.479 e. The molecule has 0 spiro atoms. The van der Waals surface area contributed by atoms with Crippen LogP contribution in [-0.4, -0.2) is 16.8 Å². The molecule has 0 aliphatic carbocycles. The molecule has 0 radical (unpaired) electrons. The third kappa shape index (κ3) is 3.09. The van der Waals surface area contributed by atoms with Crippen LogP contribution in [-0.2, 0) is 0 Å². The quantitative estimate of drug-likeness (QED) is 0.875. The molecule has 1 unspecified atom stereocenters. The zero-order valence-corrected chi connectivity index (χ0v) is 11.9. The smallest absolute Gasteiger partial charge is 0.174 e. The Kier molecular flexibility index (Phi) is 4.26. The van der Waals surface area contributed by atoms with Gasteiger partial charge >= 0.3 is 0 Å². The number of aromatic nitrogens is 2. The lowest BCUT2D eigenvalue weighted by atomic mass is 10.1. The van der Waals surface area contributed by atoms with Crippen molar-refractivity contribution in [3.8, 4) is 11.8 Å². The van der Waals surface area contributed by atoms with Crippen molar-refractivity contribution in [1.29, 1.82) is 5.26 Å². The minimum absolute atomic E-state index is 0.0700. The molecule has 0 saturated heterocycles. The fraction of sp³-hybridized carbons (Fsp3) is 0.333.